The lowest BCUT2D eigenvalue weighted by Gasteiger charge is -2.20. The number of carbonyl (C=O) groups is 1. The average Bonchev–Trinajstić information content (AvgIpc) is 2.23. The topological polar surface area (TPSA) is 84.5 Å². The molecule has 6 nitrogen and oxygen atoms in total. The summed E-state index contributed by atoms with van der Waals surface area (Å²) in [5.74, 6) is -0.0331. The minimum Gasteiger partial charge on any atom is -0.463 e. The molecule has 0 aromatic heterocycles. The first kappa shape index (κ1) is 17.6. The second kappa shape index (κ2) is 7.92. The second-order valence-corrected chi connectivity index (χ2v) is 12.8. The van der Waals surface area contributed by atoms with Crippen LogP contribution < -0.4 is 10.6 Å². The largest absolute Gasteiger partial charge is 0.463 e. The fourth-order valence-electron chi connectivity index (χ4n) is 1.23. The van der Waals surface area contributed by atoms with E-state index in [9.17, 15) is 13.2 Å². The van der Waals surface area contributed by atoms with Crippen molar-refractivity contribution in [2.24, 2.45) is 0 Å². The second-order valence-electron chi connectivity index (χ2n) is 4.88. The summed E-state index contributed by atoms with van der Waals surface area (Å²) in [6.45, 7) is 5.05. The van der Waals surface area contributed by atoms with E-state index in [0.717, 1.165) is 29.2 Å². The van der Waals surface area contributed by atoms with Crippen LogP contribution in [0.3, 0.4) is 0 Å². The van der Waals surface area contributed by atoms with E-state index >= 15 is 0 Å². The highest BCUT2D eigenvalue weighted by molar-refractivity contribution is 7.90. The number of hydrogen-bond donors (Lipinski definition) is 2. The van der Waals surface area contributed by atoms with Crippen molar-refractivity contribution in [1.82, 2.24) is 10.6 Å². The van der Waals surface area contributed by atoms with Crippen molar-refractivity contribution < 1.29 is 17.3 Å². The summed E-state index contributed by atoms with van der Waals surface area (Å²) in [6, 6.07) is 0.699. The molecule has 0 saturated heterocycles. The van der Waals surface area contributed by atoms with Crippen molar-refractivity contribution in [3.63, 3.8) is 0 Å². The van der Waals surface area contributed by atoms with Gasteiger partial charge in [0, 0.05) is 19.3 Å². The highest BCUT2D eigenvalue weighted by atomic mass is 32.2. The number of urea groups is 1. The van der Waals surface area contributed by atoms with Crippen molar-refractivity contribution in [2.45, 2.75) is 25.6 Å². The molecule has 0 atom stereocenters. The Morgan fingerprint density at radius 3 is 2.33 bits per heavy atom. The zero-order valence-electron chi connectivity index (χ0n) is 11.6. The molecular formula is C9H24N2O4SSi2. The van der Waals surface area contributed by atoms with Gasteiger partial charge >= 0.3 is 6.03 Å². The van der Waals surface area contributed by atoms with Crippen LogP contribution in [-0.2, 0) is 14.0 Å². The van der Waals surface area contributed by atoms with Crippen LogP contribution in [0.15, 0.2) is 0 Å². The third-order valence-electron chi connectivity index (χ3n) is 2.55. The van der Waals surface area contributed by atoms with Crippen LogP contribution in [0.1, 0.15) is 6.42 Å². The van der Waals surface area contributed by atoms with Gasteiger partial charge in [-0.05, 0) is 25.6 Å². The molecule has 0 aliphatic rings. The predicted molar refractivity (Wildman–Crippen MR) is 79.0 cm³/mol. The molecule has 0 aliphatic carbocycles. The van der Waals surface area contributed by atoms with Crippen LogP contribution in [0.5, 0.6) is 0 Å². The SMILES string of the molecule is C[Si](C)(CCCNC(=O)NCCS(C)(=O)=O)O[SiH3]. The lowest BCUT2D eigenvalue weighted by Crippen LogP contribution is -2.39. The molecule has 0 heterocycles. The van der Waals surface area contributed by atoms with Crippen LogP contribution in [0, 0.1) is 0 Å². The highest BCUT2D eigenvalue weighted by Gasteiger charge is 2.18. The zero-order chi connectivity index (χ0) is 14.2. The van der Waals surface area contributed by atoms with Gasteiger partial charge in [-0.25, -0.2) is 13.2 Å². The summed E-state index contributed by atoms with van der Waals surface area (Å²) in [7, 11) is -3.74. The maximum absolute atomic E-state index is 11.3. The molecule has 108 valence electrons. The molecule has 0 bridgehead atoms. The summed E-state index contributed by atoms with van der Waals surface area (Å²) in [6.07, 6.45) is 2.04. The molecular weight excluding hydrogens is 288 g/mol. The number of rotatable bonds is 8. The van der Waals surface area contributed by atoms with Gasteiger partial charge < -0.3 is 14.7 Å². The molecule has 0 spiro atoms. The molecule has 0 fully saturated rings. The lowest BCUT2D eigenvalue weighted by atomic mass is 10.5. The summed E-state index contributed by atoms with van der Waals surface area (Å²) < 4.78 is 27.2. The first-order valence-electron chi connectivity index (χ1n) is 5.91. The van der Waals surface area contributed by atoms with E-state index in [4.69, 9.17) is 4.12 Å². The normalized spacial score (nSPS) is 12.4. The minimum absolute atomic E-state index is 0.0331. The Bertz CT molecular complexity index is 360. The summed E-state index contributed by atoms with van der Waals surface area (Å²) >= 11 is 0. The fourth-order valence-corrected chi connectivity index (χ4v) is 3.55. The van der Waals surface area contributed by atoms with Gasteiger partial charge in [0.25, 0.3) is 0 Å². The Morgan fingerprint density at radius 2 is 1.83 bits per heavy atom. The van der Waals surface area contributed by atoms with E-state index in [-0.39, 0.29) is 18.3 Å². The molecule has 0 aromatic carbocycles. The standard InChI is InChI=1S/C9H24N2O4SSi2/c1-16(13,14)7-6-11-9(12)10-5-4-8-18(2,3)15-17/h4-8H2,1-3,17H3,(H2,10,11,12). The molecule has 0 unspecified atom stereocenters. The van der Waals surface area contributed by atoms with Gasteiger partial charge in [0.05, 0.1) is 5.75 Å². The Hall–Kier alpha value is -0.386. The Labute approximate surface area is 113 Å². The quantitative estimate of drug-likeness (QED) is 0.455. The lowest BCUT2D eigenvalue weighted by molar-refractivity contribution is 0.241. The Morgan fingerprint density at radius 1 is 1.28 bits per heavy atom. The monoisotopic (exact) mass is 312 g/mol. The number of amides is 2. The van der Waals surface area contributed by atoms with Gasteiger partial charge in [0.15, 0.2) is 8.32 Å². The molecule has 0 saturated carbocycles. The third-order valence-corrected chi connectivity index (χ3v) is 9.48. The molecule has 2 amide bonds. The van der Waals surface area contributed by atoms with E-state index in [1.165, 1.54) is 0 Å². The molecule has 0 aromatic rings. The minimum atomic E-state index is -3.02. The number of sulfone groups is 1. The van der Waals surface area contributed by atoms with E-state index < -0.39 is 18.2 Å². The van der Waals surface area contributed by atoms with Crippen LogP contribution >= 0.6 is 0 Å². The van der Waals surface area contributed by atoms with Crippen molar-refractivity contribution >= 4 is 34.7 Å². The maximum atomic E-state index is 11.3. The Kier molecular flexibility index (Phi) is 7.75. The van der Waals surface area contributed by atoms with Crippen LogP contribution in [0.2, 0.25) is 19.1 Å². The number of hydrogen-bond acceptors (Lipinski definition) is 4. The van der Waals surface area contributed by atoms with E-state index in [0.29, 0.717) is 6.54 Å². The molecule has 18 heavy (non-hydrogen) atoms. The molecule has 9 heteroatoms. The van der Waals surface area contributed by atoms with Crippen LogP contribution in [0.25, 0.3) is 0 Å². The summed E-state index contributed by atoms with van der Waals surface area (Å²) in [5, 5.41) is 5.21. The first-order chi connectivity index (χ1) is 8.16. The Balaban J connectivity index is 3.61. The van der Waals surface area contributed by atoms with Gasteiger partial charge in [-0.1, -0.05) is 0 Å². The molecule has 0 radical (unpaired) electrons. The van der Waals surface area contributed by atoms with Gasteiger partial charge in [-0.15, -0.1) is 0 Å². The van der Waals surface area contributed by atoms with Crippen molar-refractivity contribution in [3.05, 3.63) is 0 Å². The molecule has 0 aliphatic heterocycles. The smallest absolute Gasteiger partial charge is 0.314 e. The van der Waals surface area contributed by atoms with Gasteiger partial charge in [-0.2, -0.15) is 0 Å². The number of nitrogens with one attached hydrogen (secondary N) is 2. The summed E-state index contributed by atoms with van der Waals surface area (Å²) in [5.41, 5.74) is 0. The molecule has 0 rings (SSSR count). The average molecular weight is 313 g/mol. The highest BCUT2D eigenvalue weighted by Crippen LogP contribution is 2.10. The van der Waals surface area contributed by atoms with E-state index in [2.05, 4.69) is 23.7 Å². The maximum Gasteiger partial charge on any atom is 0.314 e. The third kappa shape index (κ3) is 10.7. The zero-order valence-corrected chi connectivity index (χ0v) is 15.4. The van der Waals surface area contributed by atoms with Gasteiger partial charge in [0.2, 0.25) is 0 Å². The van der Waals surface area contributed by atoms with E-state index in [1.807, 2.05) is 0 Å². The summed E-state index contributed by atoms with van der Waals surface area (Å²) in [4.78, 5) is 11.3. The predicted octanol–water partition coefficient (Wildman–Crippen LogP) is -0.778. The van der Waals surface area contributed by atoms with E-state index in [1.54, 1.807) is 0 Å². The molecule has 2 N–H and O–H groups in total. The first-order valence-corrected chi connectivity index (χ1v) is 11.9. The van der Waals surface area contributed by atoms with Gasteiger partial charge in [0.1, 0.15) is 20.3 Å². The van der Waals surface area contributed by atoms with Crippen molar-refractivity contribution in [1.29, 1.82) is 0 Å². The van der Waals surface area contributed by atoms with Crippen LogP contribution in [0.4, 0.5) is 4.79 Å². The van der Waals surface area contributed by atoms with Crippen LogP contribution in [-0.4, -0.2) is 58.4 Å². The van der Waals surface area contributed by atoms with Gasteiger partial charge in [-0.3, -0.25) is 0 Å². The van der Waals surface area contributed by atoms with Crippen molar-refractivity contribution in [3.8, 4) is 0 Å². The number of carbonyl (C=O) groups excluding carboxylic acids is 1. The van der Waals surface area contributed by atoms with Crippen molar-refractivity contribution in [2.75, 3.05) is 25.1 Å². The fraction of sp³-hybridized carbons (Fsp3) is 0.889.